The van der Waals surface area contributed by atoms with Gasteiger partial charge in [0.2, 0.25) is 0 Å². The average Bonchev–Trinajstić information content (AvgIpc) is 2.14. The minimum atomic E-state index is -0.459. The number of nitrogens with one attached hydrogen (secondary N) is 2. The second kappa shape index (κ2) is 6.17. The highest BCUT2D eigenvalue weighted by atomic mass is 16.3. The molecule has 1 rings (SSSR count). The molecule has 0 bridgehead atoms. The average molecular weight is 242 g/mol. The van der Waals surface area contributed by atoms with Crippen molar-refractivity contribution in [2.45, 2.75) is 64.5 Å². The standard InChI is InChI=1S/C14H30N2O/c1-12-6-5-7-14(17,10-12)11-15-8-9-16-13(2,3)4/h12,15-17H,5-11H2,1-4H3. The van der Waals surface area contributed by atoms with Gasteiger partial charge in [0.05, 0.1) is 5.60 Å². The van der Waals surface area contributed by atoms with Gasteiger partial charge < -0.3 is 15.7 Å². The Morgan fingerprint density at radius 3 is 2.59 bits per heavy atom. The molecule has 0 heterocycles. The molecular weight excluding hydrogens is 212 g/mol. The van der Waals surface area contributed by atoms with Crippen LogP contribution < -0.4 is 10.6 Å². The first-order valence-electron chi connectivity index (χ1n) is 6.99. The monoisotopic (exact) mass is 242 g/mol. The van der Waals surface area contributed by atoms with Crippen molar-refractivity contribution in [3.05, 3.63) is 0 Å². The molecule has 3 heteroatoms. The van der Waals surface area contributed by atoms with Gasteiger partial charge >= 0.3 is 0 Å². The number of rotatable bonds is 5. The molecule has 0 aromatic carbocycles. The molecule has 2 atom stereocenters. The lowest BCUT2D eigenvalue weighted by Gasteiger charge is -2.35. The maximum absolute atomic E-state index is 10.4. The zero-order valence-electron chi connectivity index (χ0n) is 12.0. The van der Waals surface area contributed by atoms with Crippen LogP contribution in [0.3, 0.4) is 0 Å². The van der Waals surface area contributed by atoms with Gasteiger partial charge in [0.1, 0.15) is 0 Å². The van der Waals surface area contributed by atoms with Crippen molar-refractivity contribution in [1.29, 1.82) is 0 Å². The molecule has 0 aliphatic heterocycles. The maximum Gasteiger partial charge on any atom is 0.0774 e. The molecule has 17 heavy (non-hydrogen) atoms. The first kappa shape index (κ1) is 14.9. The zero-order chi connectivity index (χ0) is 12.9. The summed E-state index contributed by atoms with van der Waals surface area (Å²) in [5, 5.41) is 17.2. The van der Waals surface area contributed by atoms with E-state index in [9.17, 15) is 5.11 Å². The van der Waals surface area contributed by atoms with Crippen LogP contribution in [-0.2, 0) is 0 Å². The summed E-state index contributed by atoms with van der Waals surface area (Å²) in [7, 11) is 0. The first-order valence-corrected chi connectivity index (χ1v) is 6.99. The summed E-state index contributed by atoms with van der Waals surface area (Å²) in [6, 6.07) is 0. The van der Waals surface area contributed by atoms with Gasteiger partial charge in [-0.2, -0.15) is 0 Å². The van der Waals surface area contributed by atoms with E-state index in [-0.39, 0.29) is 5.54 Å². The topological polar surface area (TPSA) is 44.3 Å². The molecule has 1 aliphatic rings. The van der Waals surface area contributed by atoms with Gasteiger partial charge in [-0.1, -0.05) is 19.8 Å². The lowest BCUT2D eigenvalue weighted by molar-refractivity contribution is -0.0115. The molecule has 0 saturated heterocycles. The Bertz CT molecular complexity index is 225. The van der Waals surface area contributed by atoms with E-state index < -0.39 is 5.60 Å². The highest BCUT2D eigenvalue weighted by molar-refractivity contribution is 4.87. The van der Waals surface area contributed by atoms with E-state index in [0.29, 0.717) is 5.92 Å². The van der Waals surface area contributed by atoms with Gasteiger partial charge in [-0.25, -0.2) is 0 Å². The van der Waals surface area contributed by atoms with Crippen molar-refractivity contribution < 1.29 is 5.11 Å². The van der Waals surface area contributed by atoms with Gasteiger partial charge in [-0.3, -0.25) is 0 Å². The van der Waals surface area contributed by atoms with Crippen LogP contribution in [0.2, 0.25) is 0 Å². The Morgan fingerprint density at radius 1 is 1.29 bits per heavy atom. The lowest BCUT2D eigenvalue weighted by atomic mass is 9.79. The highest BCUT2D eigenvalue weighted by Crippen LogP contribution is 2.31. The fraction of sp³-hybridized carbons (Fsp3) is 1.00. The minimum absolute atomic E-state index is 0.179. The third-order valence-electron chi connectivity index (χ3n) is 3.48. The molecule has 0 aromatic heterocycles. The molecule has 1 aliphatic carbocycles. The van der Waals surface area contributed by atoms with Crippen LogP contribution in [0.5, 0.6) is 0 Å². The molecular formula is C14H30N2O. The van der Waals surface area contributed by atoms with Crippen molar-refractivity contribution >= 4 is 0 Å². The van der Waals surface area contributed by atoms with E-state index in [2.05, 4.69) is 38.3 Å². The molecule has 0 spiro atoms. The van der Waals surface area contributed by atoms with E-state index in [1.54, 1.807) is 0 Å². The van der Waals surface area contributed by atoms with Crippen LogP contribution in [0.4, 0.5) is 0 Å². The van der Waals surface area contributed by atoms with E-state index in [0.717, 1.165) is 32.5 Å². The summed E-state index contributed by atoms with van der Waals surface area (Å²) in [6.45, 7) is 11.4. The molecule has 0 aromatic rings. The summed E-state index contributed by atoms with van der Waals surface area (Å²) in [4.78, 5) is 0. The Kier molecular flexibility index (Phi) is 5.42. The summed E-state index contributed by atoms with van der Waals surface area (Å²) < 4.78 is 0. The molecule has 3 nitrogen and oxygen atoms in total. The van der Waals surface area contributed by atoms with Gasteiger partial charge in [0, 0.05) is 25.2 Å². The normalized spacial score (nSPS) is 30.5. The number of aliphatic hydroxyl groups is 1. The van der Waals surface area contributed by atoms with Crippen LogP contribution in [-0.4, -0.2) is 35.9 Å². The third-order valence-corrected chi connectivity index (χ3v) is 3.48. The third kappa shape index (κ3) is 6.39. The van der Waals surface area contributed by atoms with Crippen LogP contribution in [0.1, 0.15) is 53.4 Å². The molecule has 0 radical (unpaired) electrons. The Balaban J connectivity index is 2.13. The summed E-state index contributed by atoms with van der Waals surface area (Å²) >= 11 is 0. The lowest BCUT2D eigenvalue weighted by Crippen LogP contribution is -2.46. The molecule has 102 valence electrons. The molecule has 1 fully saturated rings. The first-order chi connectivity index (χ1) is 7.81. The van der Waals surface area contributed by atoms with Crippen molar-refractivity contribution in [2.24, 2.45) is 5.92 Å². The van der Waals surface area contributed by atoms with Crippen molar-refractivity contribution in [3.63, 3.8) is 0 Å². The number of hydrogen-bond donors (Lipinski definition) is 3. The Hall–Kier alpha value is -0.120. The fourth-order valence-corrected chi connectivity index (χ4v) is 2.64. The highest BCUT2D eigenvalue weighted by Gasteiger charge is 2.31. The second-order valence-corrected chi connectivity index (χ2v) is 6.78. The number of hydrogen-bond acceptors (Lipinski definition) is 3. The zero-order valence-corrected chi connectivity index (χ0v) is 12.0. The largest absolute Gasteiger partial charge is 0.389 e. The van der Waals surface area contributed by atoms with E-state index in [1.165, 1.54) is 12.8 Å². The predicted molar refractivity (Wildman–Crippen MR) is 73.2 cm³/mol. The van der Waals surface area contributed by atoms with Crippen LogP contribution >= 0.6 is 0 Å². The minimum Gasteiger partial charge on any atom is -0.389 e. The maximum atomic E-state index is 10.4. The second-order valence-electron chi connectivity index (χ2n) is 6.78. The van der Waals surface area contributed by atoms with Crippen molar-refractivity contribution in [3.8, 4) is 0 Å². The van der Waals surface area contributed by atoms with Crippen molar-refractivity contribution in [1.82, 2.24) is 10.6 Å². The Morgan fingerprint density at radius 2 is 2.00 bits per heavy atom. The van der Waals surface area contributed by atoms with Gasteiger partial charge in [0.15, 0.2) is 0 Å². The molecule has 3 N–H and O–H groups in total. The van der Waals surface area contributed by atoms with E-state index in [4.69, 9.17) is 0 Å². The summed E-state index contributed by atoms with van der Waals surface area (Å²) in [6.07, 6.45) is 4.34. The molecule has 0 amide bonds. The summed E-state index contributed by atoms with van der Waals surface area (Å²) in [5.74, 6) is 0.670. The van der Waals surface area contributed by atoms with Gasteiger partial charge in [0.25, 0.3) is 0 Å². The molecule has 1 saturated carbocycles. The van der Waals surface area contributed by atoms with Crippen molar-refractivity contribution in [2.75, 3.05) is 19.6 Å². The van der Waals surface area contributed by atoms with Crippen LogP contribution in [0, 0.1) is 5.92 Å². The van der Waals surface area contributed by atoms with Gasteiger partial charge in [-0.05, 0) is 39.5 Å². The van der Waals surface area contributed by atoms with Crippen LogP contribution in [0.15, 0.2) is 0 Å². The smallest absolute Gasteiger partial charge is 0.0774 e. The van der Waals surface area contributed by atoms with E-state index >= 15 is 0 Å². The SMILES string of the molecule is CC1CCCC(O)(CNCCNC(C)(C)C)C1. The predicted octanol–water partition coefficient (Wildman–Crippen LogP) is 1.91. The van der Waals surface area contributed by atoms with Gasteiger partial charge in [-0.15, -0.1) is 0 Å². The van der Waals surface area contributed by atoms with Crippen LogP contribution in [0.25, 0.3) is 0 Å². The van der Waals surface area contributed by atoms with E-state index in [1.807, 2.05) is 0 Å². The summed E-state index contributed by atoms with van der Waals surface area (Å²) in [5.41, 5.74) is -0.280. The molecule has 2 unspecified atom stereocenters. The fourth-order valence-electron chi connectivity index (χ4n) is 2.64. The quantitative estimate of drug-likeness (QED) is 0.645. The Labute approximate surface area is 106 Å².